The number of anilines is 2. The summed E-state index contributed by atoms with van der Waals surface area (Å²) in [4.78, 5) is 60.0. The molecule has 0 saturated heterocycles. The van der Waals surface area contributed by atoms with Crippen molar-refractivity contribution < 1.29 is 33.0 Å². The predicted octanol–water partition coefficient (Wildman–Crippen LogP) is 10.5. The second-order valence-electron chi connectivity index (χ2n) is 14.4. The lowest BCUT2D eigenvalue weighted by molar-refractivity contribution is -0.113. The van der Waals surface area contributed by atoms with Crippen LogP contribution >= 0.6 is 34.8 Å². The Bertz CT molecular complexity index is 2870. The third-order valence-electron chi connectivity index (χ3n) is 10.3. The zero-order valence-corrected chi connectivity index (χ0v) is 37.0. The van der Waals surface area contributed by atoms with Crippen LogP contribution in [0.2, 0.25) is 15.1 Å². The molecule has 0 radical (unpaired) electrons. The van der Waals surface area contributed by atoms with E-state index in [-0.39, 0.29) is 11.4 Å². The first-order valence-electron chi connectivity index (χ1n) is 19.5. The lowest BCUT2D eigenvalue weighted by Gasteiger charge is -2.09. The van der Waals surface area contributed by atoms with E-state index in [1.165, 1.54) is 44.8 Å². The molecular formula is C48H38Cl3FN6O6. The van der Waals surface area contributed by atoms with Crippen LogP contribution < -0.4 is 20.1 Å². The minimum Gasteiger partial charge on any atom is -0.481 e. The maximum absolute atomic E-state index is 13.3. The van der Waals surface area contributed by atoms with Crippen molar-refractivity contribution in [3.63, 3.8) is 0 Å². The number of hydrogen-bond acceptors (Lipinski definition) is 8. The van der Waals surface area contributed by atoms with Gasteiger partial charge in [-0.25, -0.2) is 14.4 Å². The summed E-state index contributed by atoms with van der Waals surface area (Å²) in [7, 11) is 2.93. The maximum Gasteiger partial charge on any atom is 0.296 e. The van der Waals surface area contributed by atoms with Gasteiger partial charge in [-0.1, -0.05) is 59.1 Å². The molecule has 4 aromatic carbocycles. The highest BCUT2D eigenvalue weighted by Gasteiger charge is 2.27. The Labute approximate surface area is 381 Å². The number of amides is 2. The number of benzene rings is 4. The smallest absolute Gasteiger partial charge is 0.296 e. The molecule has 2 N–H and O–H groups in total. The number of Topliss-reactive ketones (excluding diaryl/α,β-unsaturated/α-hetero) is 2. The van der Waals surface area contributed by atoms with Crippen molar-refractivity contribution in [3.8, 4) is 11.8 Å². The molecule has 0 atom stereocenters. The molecule has 12 nitrogen and oxygen atoms in total. The fourth-order valence-corrected chi connectivity index (χ4v) is 7.70. The Morgan fingerprint density at radius 2 is 0.953 bits per heavy atom. The second kappa shape index (κ2) is 19.5. The third kappa shape index (κ3) is 9.92. The lowest BCUT2D eigenvalue weighted by Crippen LogP contribution is -2.23. The highest BCUT2D eigenvalue weighted by molar-refractivity contribution is 6.49. The Kier molecular flexibility index (Phi) is 13.7. The fraction of sp³-hybridized carbons (Fsp3) is 0.125. The topological polar surface area (TPSA) is 146 Å². The molecule has 0 saturated carbocycles. The van der Waals surface area contributed by atoms with Crippen LogP contribution in [0.3, 0.4) is 0 Å². The van der Waals surface area contributed by atoms with Gasteiger partial charge in [-0.3, -0.25) is 19.2 Å². The Morgan fingerprint density at radius 3 is 1.36 bits per heavy atom. The molecule has 0 aliphatic heterocycles. The number of methoxy groups -OCH3 is 2. The van der Waals surface area contributed by atoms with Crippen LogP contribution in [0, 0.1) is 19.7 Å². The Balaban J connectivity index is 0.000000191. The standard InChI is InChI=1S/C24H19Cl2N3O3.C24H19ClFN3O3/c1-14-22(23(30)24(31)28-18-9-10-27-21(12-18)32-2)19-11-17(26)7-8-20(19)29(14)13-15-3-5-16(25)6-4-15;1-14-22(23(30)24(31)28-18-9-10-27-21(12-18)32-2)19-11-16(25)5-8-20(19)29(14)13-15-3-6-17(26)7-4-15/h2*3-12H,13H2,1-2H3,(H,27,28,31). The molecule has 0 aliphatic carbocycles. The van der Waals surface area contributed by atoms with Gasteiger partial charge in [-0.2, -0.15) is 0 Å². The first-order valence-corrected chi connectivity index (χ1v) is 20.6. The van der Waals surface area contributed by atoms with Crippen molar-refractivity contribution in [2.24, 2.45) is 0 Å². The van der Waals surface area contributed by atoms with Crippen LogP contribution in [-0.4, -0.2) is 56.7 Å². The summed E-state index contributed by atoms with van der Waals surface area (Å²) in [5, 5.41) is 7.99. The fourth-order valence-electron chi connectivity index (χ4n) is 7.23. The predicted molar refractivity (Wildman–Crippen MR) is 247 cm³/mol. The SMILES string of the molecule is COc1cc(NC(=O)C(=O)c2c(C)n(Cc3ccc(Cl)cc3)c3ccc(Cl)cc23)ccn1.COc1cc(NC(=O)C(=O)c2c(C)n(Cc3ccc(F)cc3)c3ccc(Cl)cc23)ccn1. The molecule has 0 bridgehead atoms. The van der Waals surface area contributed by atoms with Crippen LogP contribution in [0.25, 0.3) is 21.8 Å². The number of aromatic nitrogens is 4. The van der Waals surface area contributed by atoms with Crippen molar-refractivity contribution in [1.29, 1.82) is 0 Å². The number of ether oxygens (including phenoxy) is 2. The summed E-state index contributed by atoms with van der Waals surface area (Å²) in [6.07, 6.45) is 2.96. The van der Waals surface area contributed by atoms with E-state index < -0.39 is 23.4 Å². The number of carbonyl (C=O) groups is 4. The van der Waals surface area contributed by atoms with Crippen molar-refractivity contribution in [2.45, 2.75) is 26.9 Å². The zero-order chi connectivity index (χ0) is 45.7. The highest BCUT2D eigenvalue weighted by atomic mass is 35.5. The first kappa shape index (κ1) is 45.0. The van der Waals surface area contributed by atoms with Crippen molar-refractivity contribution >= 4 is 91.4 Å². The van der Waals surface area contributed by atoms with Crippen molar-refractivity contribution in [2.75, 3.05) is 24.9 Å². The molecule has 4 heterocycles. The normalized spacial score (nSPS) is 10.9. The van der Waals surface area contributed by atoms with Crippen molar-refractivity contribution in [1.82, 2.24) is 19.1 Å². The van der Waals surface area contributed by atoms with Crippen LogP contribution in [0.4, 0.5) is 15.8 Å². The van der Waals surface area contributed by atoms with E-state index in [4.69, 9.17) is 44.3 Å². The third-order valence-corrected chi connectivity index (χ3v) is 11.1. The average molecular weight is 920 g/mol. The molecular weight excluding hydrogens is 882 g/mol. The molecule has 0 fully saturated rings. The van der Waals surface area contributed by atoms with E-state index in [2.05, 4.69) is 20.6 Å². The van der Waals surface area contributed by atoms with E-state index >= 15 is 0 Å². The Hall–Kier alpha value is -7.06. The average Bonchev–Trinajstić information content (AvgIpc) is 3.71. The number of nitrogens with one attached hydrogen (secondary N) is 2. The summed E-state index contributed by atoms with van der Waals surface area (Å²) in [6, 6.07) is 30.3. The van der Waals surface area contributed by atoms with Crippen LogP contribution in [0.5, 0.6) is 11.8 Å². The quantitative estimate of drug-likeness (QED) is 0.0910. The first-order chi connectivity index (χ1) is 30.7. The number of rotatable bonds is 12. The molecule has 4 aromatic heterocycles. The van der Waals surface area contributed by atoms with E-state index in [9.17, 15) is 23.6 Å². The molecule has 0 aliphatic rings. The minimum atomic E-state index is -0.790. The minimum absolute atomic E-state index is 0.267. The summed E-state index contributed by atoms with van der Waals surface area (Å²) >= 11 is 18.4. The lowest BCUT2D eigenvalue weighted by atomic mass is 10.1. The molecule has 0 unspecified atom stereocenters. The van der Waals surface area contributed by atoms with E-state index in [0.29, 0.717) is 79.0 Å². The van der Waals surface area contributed by atoms with Gasteiger partial charge in [0, 0.05) is 97.3 Å². The Morgan fingerprint density at radius 1 is 0.562 bits per heavy atom. The summed E-state index contributed by atoms with van der Waals surface area (Å²) in [6.45, 7) is 4.51. The molecule has 64 heavy (non-hydrogen) atoms. The van der Waals surface area contributed by atoms with E-state index in [1.54, 1.807) is 67.6 Å². The van der Waals surface area contributed by atoms with Gasteiger partial charge >= 0.3 is 0 Å². The van der Waals surface area contributed by atoms with Gasteiger partial charge in [0.05, 0.1) is 25.3 Å². The van der Waals surface area contributed by atoms with Gasteiger partial charge in [0.2, 0.25) is 11.8 Å². The molecule has 8 aromatic rings. The molecule has 324 valence electrons. The van der Waals surface area contributed by atoms with E-state index in [0.717, 1.165) is 22.2 Å². The van der Waals surface area contributed by atoms with Gasteiger partial charge in [0.15, 0.2) is 0 Å². The van der Waals surface area contributed by atoms with Crippen molar-refractivity contribution in [3.05, 3.63) is 176 Å². The van der Waals surface area contributed by atoms with Gasteiger partial charge in [0.25, 0.3) is 23.4 Å². The number of carbonyl (C=O) groups excluding carboxylic acids is 4. The van der Waals surface area contributed by atoms with E-state index in [1.807, 2.05) is 46.4 Å². The number of pyridine rings is 2. The maximum atomic E-state index is 13.3. The zero-order valence-electron chi connectivity index (χ0n) is 34.7. The van der Waals surface area contributed by atoms with Gasteiger partial charge in [0.1, 0.15) is 5.82 Å². The van der Waals surface area contributed by atoms with Crippen LogP contribution in [0.15, 0.2) is 122 Å². The molecule has 8 rings (SSSR count). The summed E-state index contributed by atoms with van der Waals surface area (Å²) in [5.74, 6) is -2.57. The number of hydrogen-bond donors (Lipinski definition) is 2. The van der Waals surface area contributed by atoms with Gasteiger partial charge < -0.3 is 29.2 Å². The van der Waals surface area contributed by atoms with Gasteiger partial charge in [-0.15, -0.1) is 0 Å². The largest absolute Gasteiger partial charge is 0.481 e. The molecule has 16 heteroatoms. The van der Waals surface area contributed by atoms with Crippen LogP contribution in [0.1, 0.15) is 43.2 Å². The number of fused-ring (bicyclic) bond motifs is 2. The summed E-state index contributed by atoms with van der Waals surface area (Å²) in [5.41, 5.74) is 6.09. The monoisotopic (exact) mass is 918 g/mol. The summed E-state index contributed by atoms with van der Waals surface area (Å²) < 4.78 is 27.3. The van der Waals surface area contributed by atoms with Crippen LogP contribution in [-0.2, 0) is 22.7 Å². The molecule has 0 spiro atoms. The highest BCUT2D eigenvalue weighted by Crippen LogP contribution is 2.32. The van der Waals surface area contributed by atoms with Gasteiger partial charge in [-0.05, 0) is 97.8 Å². The number of nitrogens with zero attached hydrogens (tertiary/aromatic N) is 4. The number of ketones is 2. The second-order valence-corrected chi connectivity index (χ2v) is 15.7. The number of halogens is 4. The molecule has 2 amide bonds.